The molecule has 3 aliphatic rings. The standard InChI is InChI=1S/C28H34F2N6O4/c29-25(30)26-31-21-3-1-2-4-22(21)36(26)23-15-24(33-28(32-23)34-11-13-39-14-12-34)40-17-18-5-7-19(8-6-18)27(38)35-10-9-20(37)16-35/h1-4,15,18-20,25,37H,5-14,16-17H2/t18?,19?,20-/m0/s1. The van der Waals surface area contributed by atoms with Gasteiger partial charge in [0.1, 0.15) is 5.82 Å². The normalized spacial score (nSPS) is 23.8. The average molecular weight is 557 g/mol. The third-order valence-corrected chi connectivity index (χ3v) is 8.12. The fourth-order valence-corrected chi connectivity index (χ4v) is 5.91. The van der Waals surface area contributed by atoms with Gasteiger partial charge < -0.3 is 24.4 Å². The summed E-state index contributed by atoms with van der Waals surface area (Å²) in [7, 11) is 0. The van der Waals surface area contributed by atoms with E-state index in [2.05, 4.69) is 15.0 Å². The Kier molecular flexibility index (Phi) is 7.79. The maximum absolute atomic E-state index is 14.1. The topological polar surface area (TPSA) is 106 Å². The Balaban J connectivity index is 1.21. The number of halogens is 2. The highest BCUT2D eigenvalue weighted by Gasteiger charge is 2.33. The molecule has 1 aromatic carbocycles. The van der Waals surface area contributed by atoms with Crippen LogP contribution in [0.1, 0.15) is 44.4 Å². The molecule has 0 bridgehead atoms. The maximum atomic E-state index is 14.1. The van der Waals surface area contributed by atoms with Crippen molar-refractivity contribution in [1.82, 2.24) is 24.4 Å². The second kappa shape index (κ2) is 11.6. The summed E-state index contributed by atoms with van der Waals surface area (Å²) in [6.45, 7) is 3.70. The minimum Gasteiger partial charge on any atom is -0.477 e. The van der Waals surface area contributed by atoms with Gasteiger partial charge in [-0.15, -0.1) is 0 Å². The van der Waals surface area contributed by atoms with E-state index >= 15 is 0 Å². The monoisotopic (exact) mass is 556 g/mol. The Hall–Kier alpha value is -3.38. The fraction of sp³-hybridized carbons (Fsp3) is 0.571. The van der Waals surface area contributed by atoms with Gasteiger partial charge >= 0.3 is 0 Å². The third-order valence-electron chi connectivity index (χ3n) is 8.12. The first-order chi connectivity index (χ1) is 19.5. The number of aliphatic hydroxyl groups is 1. The second-order valence-electron chi connectivity index (χ2n) is 10.8. The average Bonchev–Trinajstić information content (AvgIpc) is 3.60. The van der Waals surface area contributed by atoms with Gasteiger partial charge in [0.05, 0.1) is 37.0 Å². The van der Waals surface area contributed by atoms with Crippen molar-refractivity contribution < 1.29 is 28.2 Å². The molecule has 1 atom stereocenters. The number of likely N-dealkylation sites (tertiary alicyclic amines) is 1. The van der Waals surface area contributed by atoms with Crippen molar-refractivity contribution in [2.45, 2.75) is 44.6 Å². The van der Waals surface area contributed by atoms with E-state index in [0.717, 1.165) is 25.7 Å². The van der Waals surface area contributed by atoms with E-state index in [4.69, 9.17) is 9.47 Å². The molecule has 10 nitrogen and oxygen atoms in total. The smallest absolute Gasteiger partial charge is 0.296 e. The van der Waals surface area contributed by atoms with Gasteiger partial charge in [0.15, 0.2) is 5.82 Å². The Morgan fingerprint density at radius 2 is 1.82 bits per heavy atom. The zero-order chi connectivity index (χ0) is 27.6. The first-order valence-corrected chi connectivity index (χ1v) is 14.0. The molecule has 6 rings (SSSR count). The van der Waals surface area contributed by atoms with Crippen LogP contribution in [-0.2, 0) is 9.53 Å². The van der Waals surface area contributed by atoms with Crippen LogP contribution in [0.25, 0.3) is 16.9 Å². The number of benzene rings is 1. The number of carbonyl (C=O) groups excluding carboxylic acids is 1. The molecule has 2 saturated heterocycles. The van der Waals surface area contributed by atoms with E-state index in [-0.39, 0.29) is 29.4 Å². The summed E-state index contributed by atoms with van der Waals surface area (Å²) in [5.41, 5.74) is 0.991. The van der Waals surface area contributed by atoms with E-state index in [1.165, 1.54) is 4.57 Å². The molecule has 4 heterocycles. The predicted octanol–water partition coefficient (Wildman–Crippen LogP) is 3.37. The number of imidazole rings is 1. The molecule has 2 aliphatic heterocycles. The van der Waals surface area contributed by atoms with Crippen LogP contribution in [0.5, 0.6) is 5.88 Å². The van der Waals surface area contributed by atoms with Crippen LogP contribution < -0.4 is 9.64 Å². The number of hydrogen-bond donors (Lipinski definition) is 1. The van der Waals surface area contributed by atoms with Crippen LogP contribution in [-0.4, -0.2) is 87.5 Å². The van der Waals surface area contributed by atoms with Crippen molar-refractivity contribution >= 4 is 22.9 Å². The molecule has 0 unspecified atom stereocenters. The van der Waals surface area contributed by atoms with Gasteiger partial charge in [-0.3, -0.25) is 9.36 Å². The first-order valence-electron chi connectivity index (χ1n) is 14.0. The number of aliphatic hydroxyl groups excluding tert-OH is 1. The Morgan fingerprint density at radius 1 is 1.05 bits per heavy atom. The van der Waals surface area contributed by atoms with Gasteiger partial charge in [-0.05, 0) is 50.2 Å². The zero-order valence-corrected chi connectivity index (χ0v) is 22.3. The molecular weight excluding hydrogens is 522 g/mol. The molecule has 0 radical (unpaired) electrons. The van der Waals surface area contributed by atoms with Crippen LogP contribution in [0, 0.1) is 11.8 Å². The van der Waals surface area contributed by atoms with Gasteiger partial charge in [-0.25, -0.2) is 13.8 Å². The van der Waals surface area contributed by atoms with Crippen molar-refractivity contribution in [2.24, 2.45) is 11.8 Å². The van der Waals surface area contributed by atoms with E-state index in [1.807, 2.05) is 4.90 Å². The lowest BCUT2D eigenvalue weighted by Gasteiger charge is -2.30. The third kappa shape index (κ3) is 5.60. The molecule has 214 valence electrons. The Morgan fingerprint density at radius 3 is 2.55 bits per heavy atom. The summed E-state index contributed by atoms with van der Waals surface area (Å²) in [4.78, 5) is 30.1. The number of morpholine rings is 1. The van der Waals surface area contributed by atoms with Crippen LogP contribution in [0.2, 0.25) is 0 Å². The van der Waals surface area contributed by atoms with Gasteiger partial charge in [-0.2, -0.15) is 9.97 Å². The fourth-order valence-electron chi connectivity index (χ4n) is 5.91. The molecule has 3 aromatic rings. The minimum absolute atomic E-state index is 0.0117. The number of amides is 1. The van der Waals surface area contributed by atoms with Crippen molar-refractivity contribution in [3.63, 3.8) is 0 Å². The number of alkyl halides is 2. The van der Waals surface area contributed by atoms with Gasteiger partial charge in [0.2, 0.25) is 17.7 Å². The Bertz CT molecular complexity index is 1340. The maximum Gasteiger partial charge on any atom is 0.296 e. The molecule has 1 saturated carbocycles. The first kappa shape index (κ1) is 26.8. The van der Waals surface area contributed by atoms with Gasteiger partial charge in [-0.1, -0.05) is 12.1 Å². The molecule has 40 heavy (non-hydrogen) atoms. The number of fused-ring (bicyclic) bond motifs is 1. The number of β-amino-alcohol motifs (C(OH)–C–C–N with tert-alkyl or cyclic N) is 1. The van der Waals surface area contributed by atoms with Crippen molar-refractivity contribution in [3.05, 3.63) is 36.2 Å². The molecule has 12 heteroatoms. The highest BCUT2D eigenvalue weighted by molar-refractivity contribution is 5.79. The molecule has 1 amide bonds. The zero-order valence-electron chi connectivity index (χ0n) is 22.3. The number of anilines is 1. The largest absolute Gasteiger partial charge is 0.477 e. The van der Waals surface area contributed by atoms with Gasteiger partial charge in [0, 0.05) is 38.2 Å². The van der Waals surface area contributed by atoms with Crippen LogP contribution >= 0.6 is 0 Å². The second-order valence-corrected chi connectivity index (χ2v) is 10.8. The van der Waals surface area contributed by atoms with E-state index in [1.54, 1.807) is 35.2 Å². The number of ether oxygens (including phenoxy) is 2. The summed E-state index contributed by atoms with van der Waals surface area (Å²) in [5.74, 6) is 0.995. The molecular formula is C28H34F2N6O4. The van der Waals surface area contributed by atoms with Crippen molar-refractivity contribution in [2.75, 3.05) is 50.9 Å². The number of hydrogen-bond acceptors (Lipinski definition) is 8. The van der Waals surface area contributed by atoms with E-state index < -0.39 is 12.5 Å². The number of aromatic nitrogens is 4. The predicted molar refractivity (Wildman–Crippen MR) is 143 cm³/mol. The number of rotatable bonds is 7. The summed E-state index contributed by atoms with van der Waals surface area (Å²) in [5, 5.41) is 9.77. The van der Waals surface area contributed by atoms with Crippen LogP contribution in [0.15, 0.2) is 30.3 Å². The summed E-state index contributed by atoms with van der Waals surface area (Å²) >= 11 is 0. The summed E-state index contributed by atoms with van der Waals surface area (Å²) < 4.78 is 41.2. The number of para-hydroxylation sites is 2. The van der Waals surface area contributed by atoms with Crippen molar-refractivity contribution in [1.29, 1.82) is 0 Å². The minimum atomic E-state index is -2.79. The van der Waals surface area contributed by atoms with E-state index in [9.17, 15) is 18.7 Å². The lowest BCUT2D eigenvalue weighted by Crippen LogP contribution is -2.37. The highest BCUT2D eigenvalue weighted by Crippen LogP contribution is 2.33. The molecule has 1 N–H and O–H groups in total. The molecule has 2 aromatic heterocycles. The van der Waals surface area contributed by atoms with Crippen molar-refractivity contribution in [3.8, 4) is 11.7 Å². The SMILES string of the molecule is O=C(C1CCC(COc2cc(-n3c(C(F)F)nc4ccccc43)nc(N3CCOCC3)n2)CC1)N1CC[C@H](O)C1. The molecule has 3 fully saturated rings. The quantitative estimate of drug-likeness (QED) is 0.472. The van der Waals surface area contributed by atoms with E-state index in [0.29, 0.717) is 75.3 Å². The lowest BCUT2D eigenvalue weighted by atomic mass is 9.81. The van der Waals surface area contributed by atoms with Crippen LogP contribution in [0.4, 0.5) is 14.7 Å². The summed E-state index contributed by atoms with van der Waals surface area (Å²) in [6, 6.07) is 8.58. The lowest BCUT2D eigenvalue weighted by molar-refractivity contribution is -0.136. The van der Waals surface area contributed by atoms with Gasteiger partial charge in [0.25, 0.3) is 6.43 Å². The Labute approximate surface area is 230 Å². The summed E-state index contributed by atoms with van der Waals surface area (Å²) in [6.07, 6.45) is 0.714. The molecule has 0 spiro atoms. The molecule has 1 aliphatic carbocycles. The number of carbonyl (C=O) groups is 1. The number of nitrogens with zero attached hydrogens (tertiary/aromatic N) is 6. The highest BCUT2D eigenvalue weighted by atomic mass is 19.3. The van der Waals surface area contributed by atoms with Crippen LogP contribution in [0.3, 0.4) is 0 Å².